The van der Waals surface area contributed by atoms with E-state index in [0.29, 0.717) is 22.9 Å². The van der Waals surface area contributed by atoms with Gasteiger partial charge in [0, 0.05) is 11.4 Å². The maximum absolute atomic E-state index is 13.8. The fourth-order valence-corrected chi connectivity index (χ4v) is 5.20. The number of nitrogens with zero attached hydrogens (tertiary/aromatic N) is 6. The summed E-state index contributed by atoms with van der Waals surface area (Å²) >= 11 is 6.05. The van der Waals surface area contributed by atoms with Crippen LogP contribution in [0.5, 0.6) is 5.75 Å². The van der Waals surface area contributed by atoms with Crippen molar-refractivity contribution < 1.29 is 23.5 Å². The van der Waals surface area contributed by atoms with Crippen LogP contribution in [0.3, 0.4) is 0 Å². The zero-order chi connectivity index (χ0) is 28.0. The Morgan fingerprint density at radius 3 is 2.50 bits per heavy atom. The third-order valence-corrected chi connectivity index (χ3v) is 7.32. The topological polar surface area (TPSA) is 107 Å². The Morgan fingerprint density at radius 2 is 1.80 bits per heavy atom. The number of carbonyl (C=O) groups is 3. The molecule has 3 aliphatic heterocycles. The molecule has 3 aromatic rings. The van der Waals surface area contributed by atoms with Crippen LogP contribution in [0.1, 0.15) is 23.6 Å². The third-order valence-electron chi connectivity index (χ3n) is 7.07. The van der Waals surface area contributed by atoms with Gasteiger partial charge >= 0.3 is 0 Å². The Hall–Kier alpha value is -4.64. The van der Waals surface area contributed by atoms with Gasteiger partial charge in [-0.1, -0.05) is 47.2 Å². The van der Waals surface area contributed by atoms with Crippen LogP contribution in [0.2, 0.25) is 5.02 Å². The molecule has 40 heavy (non-hydrogen) atoms. The van der Waals surface area contributed by atoms with Crippen molar-refractivity contribution in [2.75, 3.05) is 18.6 Å². The minimum atomic E-state index is -1.12. The van der Waals surface area contributed by atoms with E-state index in [1.165, 1.54) is 28.2 Å². The molecule has 12 heteroatoms. The SMILES string of the molecule is COc1ccc([C@@H]2CC(c3ccc(Cl)cc3)=NN2C(=O)CN2N=N[C@@H]3C(=O)N(c4cccc(F)c4)C(=O)[C@@H]32)cc1. The molecule has 0 bridgehead atoms. The van der Waals surface area contributed by atoms with Crippen molar-refractivity contribution in [3.63, 3.8) is 0 Å². The monoisotopic (exact) mass is 560 g/mol. The van der Waals surface area contributed by atoms with E-state index in [-0.39, 0.29) is 12.2 Å². The van der Waals surface area contributed by atoms with Gasteiger partial charge in [0.25, 0.3) is 17.7 Å². The summed E-state index contributed by atoms with van der Waals surface area (Å²) in [5.74, 6) is -1.60. The molecule has 202 valence electrons. The first kappa shape index (κ1) is 25.6. The van der Waals surface area contributed by atoms with Crippen molar-refractivity contribution in [2.45, 2.75) is 24.5 Å². The second kappa shape index (κ2) is 10.2. The smallest absolute Gasteiger partial charge is 0.264 e. The van der Waals surface area contributed by atoms with E-state index in [1.54, 1.807) is 31.4 Å². The summed E-state index contributed by atoms with van der Waals surface area (Å²) in [5.41, 5.74) is 2.45. The lowest BCUT2D eigenvalue weighted by atomic mass is 9.98. The number of carbonyl (C=O) groups excluding carboxylic acids is 3. The van der Waals surface area contributed by atoms with Crippen LogP contribution >= 0.6 is 11.6 Å². The Labute approximate surface area is 233 Å². The fraction of sp³-hybridized carbons (Fsp3) is 0.214. The van der Waals surface area contributed by atoms with Gasteiger partial charge in [-0.3, -0.25) is 19.4 Å². The number of anilines is 1. The fourth-order valence-electron chi connectivity index (χ4n) is 5.08. The third kappa shape index (κ3) is 4.47. The quantitative estimate of drug-likeness (QED) is 0.421. The van der Waals surface area contributed by atoms with Crippen molar-refractivity contribution in [1.29, 1.82) is 0 Å². The Balaban J connectivity index is 1.26. The van der Waals surface area contributed by atoms with Crippen LogP contribution in [0.4, 0.5) is 10.1 Å². The van der Waals surface area contributed by atoms with Gasteiger partial charge in [0.1, 0.15) is 18.1 Å². The molecule has 0 N–H and O–H groups in total. The molecule has 0 radical (unpaired) electrons. The molecule has 0 unspecified atom stereocenters. The molecule has 0 saturated carbocycles. The number of fused-ring (bicyclic) bond motifs is 1. The average Bonchev–Trinajstić information content (AvgIpc) is 3.64. The average molecular weight is 561 g/mol. The minimum absolute atomic E-state index is 0.0993. The molecule has 0 aliphatic carbocycles. The van der Waals surface area contributed by atoms with Crippen LogP contribution in [0.15, 0.2) is 88.2 Å². The molecular formula is C28H22ClFN6O4. The summed E-state index contributed by atoms with van der Waals surface area (Å²) in [6, 6.07) is 17.1. The number of ether oxygens (including phenoxy) is 1. The van der Waals surface area contributed by atoms with Gasteiger partial charge in [0.2, 0.25) is 0 Å². The molecule has 0 spiro atoms. The number of amides is 3. The lowest BCUT2D eigenvalue weighted by Crippen LogP contribution is -2.44. The van der Waals surface area contributed by atoms with E-state index in [9.17, 15) is 18.8 Å². The van der Waals surface area contributed by atoms with E-state index >= 15 is 0 Å². The molecule has 3 heterocycles. The van der Waals surface area contributed by atoms with Gasteiger partial charge in [0.15, 0.2) is 12.1 Å². The predicted octanol–water partition coefficient (Wildman–Crippen LogP) is 4.16. The number of hydrogen-bond donors (Lipinski definition) is 0. The van der Waals surface area contributed by atoms with Crippen molar-refractivity contribution in [1.82, 2.24) is 10.0 Å². The van der Waals surface area contributed by atoms with Crippen molar-refractivity contribution in [2.24, 2.45) is 15.4 Å². The molecule has 1 fully saturated rings. The second-order valence-electron chi connectivity index (χ2n) is 9.47. The first-order chi connectivity index (χ1) is 19.3. The molecule has 3 atom stereocenters. The van der Waals surface area contributed by atoms with Crippen LogP contribution in [0.25, 0.3) is 0 Å². The van der Waals surface area contributed by atoms with E-state index in [0.717, 1.165) is 22.1 Å². The number of halogens is 2. The first-order valence-electron chi connectivity index (χ1n) is 12.4. The van der Waals surface area contributed by atoms with Crippen LogP contribution in [0, 0.1) is 5.82 Å². The molecule has 10 nitrogen and oxygen atoms in total. The number of hydrazone groups is 1. The van der Waals surface area contributed by atoms with Crippen molar-refractivity contribution in [3.05, 3.63) is 94.8 Å². The molecule has 3 aromatic carbocycles. The summed E-state index contributed by atoms with van der Waals surface area (Å²) in [6.45, 7) is -0.343. The van der Waals surface area contributed by atoms with Gasteiger partial charge in [-0.05, 0) is 53.6 Å². The Bertz CT molecular complexity index is 1560. The standard InChI is InChI=1S/C28H22ClFN6O4/c1-40-21-11-7-17(8-12-21)23-14-22(16-5-9-18(29)10-6-16)32-36(23)24(37)15-34-26-25(31-33-34)27(38)35(28(26)39)20-4-2-3-19(30)13-20/h2-13,23,25-26H,14-15H2,1H3/t23-,25-,26+/m0/s1. The van der Waals surface area contributed by atoms with Crippen molar-refractivity contribution in [3.8, 4) is 5.75 Å². The highest BCUT2D eigenvalue weighted by Crippen LogP contribution is 2.36. The molecular weight excluding hydrogens is 539 g/mol. The van der Waals surface area contributed by atoms with E-state index in [1.807, 2.05) is 24.3 Å². The maximum atomic E-state index is 13.8. The van der Waals surface area contributed by atoms with Crippen LogP contribution in [-0.2, 0) is 14.4 Å². The van der Waals surface area contributed by atoms with Gasteiger partial charge in [-0.2, -0.15) is 10.2 Å². The number of imide groups is 1. The lowest BCUT2D eigenvalue weighted by molar-refractivity contribution is -0.135. The van der Waals surface area contributed by atoms with Gasteiger partial charge in [-0.25, -0.2) is 14.3 Å². The Kier molecular flexibility index (Phi) is 6.51. The zero-order valence-electron chi connectivity index (χ0n) is 21.1. The largest absolute Gasteiger partial charge is 0.497 e. The molecule has 6 rings (SSSR count). The molecule has 0 aromatic heterocycles. The maximum Gasteiger partial charge on any atom is 0.264 e. The van der Waals surface area contributed by atoms with Gasteiger partial charge in [-0.15, -0.1) is 0 Å². The summed E-state index contributed by atoms with van der Waals surface area (Å²) < 4.78 is 19.1. The number of hydrogen-bond acceptors (Lipinski definition) is 8. The number of benzene rings is 3. The number of methoxy groups -OCH3 is 1. The predicted molar refractivity (Wildman–Crippen MR) is 143 cm³/mol. The summed E-state index contributed by atoms with van der Waals surface area (Å²) in [7, 11) is 1.57. The Morgan fingerprint density at radius 1 is 1.05 bits per heavy atom. The zero-order valence-corrected chi connectivity index (χ0v) is 21.9. The van der Waals surface area contributed by atoms with Gasteiger partial charge < -0.3 is 4.74 Å². The summed E-state index contributed by atoms with van der Waals surface area (Å²) in [4.78, 5) is 40.8. The lowest BCUT2D eigenvalue weighted by Gasteiger charge is -2.25. The highest BCUT2D eigenvalue weighted by Gasteiger charge is 2.55. The molecule has 3 aliphatic rings. The second-order valence-corrected chi connectivity index (χ2v) is 9.91. The highest BCUT2D eigenvalue weighted by atomic mass is 35.5. The van der Waals surface area contributed by atoms with E-state index in [2.05, 4.69) is 15.4 Å². The number of rotatable bonds is 6. The summed E-state index contributed by atoms with van der Waals surface area (Å²) in [5, 5.41) is 15.7. The summed E-state index contributed by atoms with van der Waals surface area (Å²) in [6.07, 6.45) is 0.442. The van der Waals surface area contributed by atoms with Crippen molar-refractivity contribution >= 4 is 40.7 Å². The van der Waals surface area contributed by atoms with Gasteiger partial charge in [0.05, 0.1) is 24.6 Å². The molecule has 1 saturated heterocycles. The van der Waals surface area contributed by atoms with Crippen LogP contribution in [-0.4, -0.2) is 59.2 Å². The minimum Gasteiger partial charge on any atom is -0.497 e. The first-order valence-corrected chi connectivity index (χ1v) is 12.8. The van der Waals surface area contributed by atoms with E-state index in [4.69, 9.17) is 16.3 Å². The van der Waals surface area contributed by atoms with Crippen LogP contribution < -0.4 is 9.64 Å². The molecule has 3 amide bonds. The normalized spacial score (nSPS) is 21.7. The highest BCUT2D eigenvalue weighted by molar-refractivity contribution is 6.30. The van der Waals surface area contributed by atoms with E-state index < -0.39 is 41.7 Å².